The lowest BCUT2D eigenvalue weighted by Gasteiger charge is -2.26. The number of nitrogens with zero attached hydrogens (tertiary/aromatic N) is 5. The fraction of sp³-hybridized carbons (Fsp3) is 0.241. The molecule has 2 heterocycles. The van der Waals surface area contributed by atoms with Crippen molar-refractivity contribution in [3.05, 3.63) is 92.1 Å². The molecule has 1 saturated heterocycles. The van der Waals surface area contributed by atoms with E-state index in [9.17, 15) is 4.39 Å². The molecule has 0 saturated carbocycles. The van der Waals surface area contributed by atoms with Gasteiger partial charge in [0.1, 0.15) is 18.2 Å². The zero-order chi connectivity index (χ0) is 27.9. The number of aromatic nitrogens is 3. The molecule has 0 atom stereocenters. The minimum Gasteiger partial charge on any atom is -0.487 e. The molecule has 1 aromatic heterocycles. The number of rotatable bonds is 9. The van der Waals surface area contributed by atoms with E-state index in [4.69, 9.17) is 4.74 Å². The van der Waals surface area contributed by atoms with Gasteiger partial charge in [-0.1, -0.05) is 29.8 Å². The first-order valence-electron chi connectivity index (χ1n) is 12.9. The molecule has 5 rings (SSSR count). The molecule has 0 bridgehead atoms. The van der Waals surface area contributed by atoms with Crippen molar-refractivity contribution in [3.8, 4) is 5.75 Å². The second-order valence-corrected chi connectivity index (χ2v) is 11.1. The fourth-order valence-corrected chi connectivity index (χ4v) is 5.62. The van der Waals surface area contributed by atoms with E-state index < -0.39 is 0 Å². The van der Waals surface area contributed by atoms with Crippen LogP contribution in [0.25, 0.3) is 0 Å². The van der Waals surface area contributed by atoms with Gasteiger partial charge < -0.3 is 15.0 Å². The topological polar surface area (TPSA) is 87.6 Å². The summed E-state index contributed by atoms with van der Waals surface area (Å²) in [5.74, 6) is 1.62. The zero-order valence-corrected chi connectivity index (χ0v) is 25.0. The van der Waals surface area contributed by atoms with Crippen molar-refractivity contribution < 1.29 is 9.13 Å². The summed E-state index contributed by atoms with van der Waals surface area (Å²) in [7, 11) is 0. The van der Waals surface area contributed by atoms with Gasteiger partial charge in [-0.25, -0.2) is 9.82 Å². The smallest absolute Gasteiger partial charge is 0.250 e. The fourth-order valence-electron chi connectivity index (χ4n) is 4.16. The van der Waals surface area contributed by atoms with Crippen LogP contribution in [0.2, 0.25) is 0 Å². The normalized spacial score (nSPS) is 13.4. The summed E-state index contributed by atoms with van der Waals surface area (Å²) in [6.07, 6.45) is 5.04. The summed E-state index contributed by atoms with van der Waals surface area (Å²) in [6.45, 7) is 4.27. The van der Waals surface area contributed by atoms with Crippen LogP contribution in [-0.2, 0) is 6.61 Å². The summed E-state index contributed by atoms with van der Waals surface area (Å²) in [4.78, 5) is 15.8. The van der Waals surface area contributed by atoms with Gasteiger partial charge in [0.15, 0.2) is 0 Å². The van der Waals surface area contributed by atoms with Crippen LogP contribution in [0, 0.1) is 12.7 Å². The molecule has 0 radical (unpaired) electrons. The van der Waals surface area contributed by atoms with E-state index in [2.05, 4.69) is 98.7 Å². The van der Waals surface area contributed by atoms with E-state index in [0.29, 0.717) is 35.9 Å². The highest BCUT2D eigenvalue weighted by atomic mass is 79.9. The molecular formula is C29H28Br2FN7O. The highest BCUT2D eigenvalue weighted by Gasteiger charge is 2.16. The number of anilines is 4. The van der Waals surface area contributed by atoms with Crippen LogP contribution in [0.5, 0.6) is 5.75 Å². The predicted molar refractivity (Wildman–Crippen MR) is 164 cm³/mol. The molecule has 1 aliphatic heterocycles. The highest BCUT2D eigenvalue weighted by molar-refractivity contribution is 9.11. The first kappa shape index (κ1) is 28.0. The Labute approximate surface area is 249 Å². The van der Waals surface area contributed by atoms with E-state index in [-0.39, 0.29) is 5.82 Å². The van der Waals surface area contributed by atoms with Gasteiger partial charge in [-0.3, -0.25) is 0 Å². The van der Waals surface area contributed by atoms with Crippen LogP contribution in [0.4, 0.5) is 27.9 Å². The largest absolute Gasteiger partial charge is 0.487 e. The van der Waals surface area contributed by atoms with Gasteiger partial charge in [0.2, 0.25) is 17.8 Å². The lowest BCUT2D eigenvalue weighted by atomic mass is 10.1. The SMILES string of the molecule is Cc1ccc(COc2c(Br)cc(/C=N\Nc3nc(Nc4ccc(F)cc4)nc(N4CCCCC4)n3)cc2Br)cc1. The van der Waals surface area contributed by atoms with Gasteiger partial charge in [-0.15, -0.1) is 0 Å². The Morgan fingerprint density at radius 2 is 1.60 bits per heavy atom. The van der Waals surface area contributed by atoms with E-state index >= 15 is 0 Å². The molecule has 1 fully saturated rings. The molecule has 1 aliphatic rings. The first-order chi connectivity index (χ1) is 19.4. The van der Waals surface area contributed by atoms with Crippen LogP contribution >= 0.6 is 31.9 Å². The molecule has 2 N–H and O–H groups in total. The summed E-state index contributed by atoms with van der Waals surface area (Å²) < 4.78 is 21.0. The number of ether oxygens (including phenoxy) is 1. The minimum atomic E-state index is -0.309. The summed E-state index contributed by atoms with van der Waals surface area (Å²) in [5.41, 5.74) is 6.74. The van der Waals surface area contributed by atoms with Gasteiger partial charge in [0.25, 0.3) is 0 Å². The predicted octanol–water partition coefficient (Wildman–Crippen LogP) is 7.60. The number of piperidine rings is 1. The minimum absolute atomic E-state index is 0.299. The Hall–Kier alpha value is -3.57. The van der Waals surface area contributed by atoms with Crippen molar-refractivity contribution in [3.63, 3.8) is 0 Å². The highest BCUT2D eigenvalue weighted by Crippen LogP contribution is 2.35. The van der Waals surface area contributed by atoms with Gasteiger partial charge >= 0.3 is 0 Å². The van der Waals surface area contributed by atoms with Crippen molar-refractivity contribution in [2.45, 2.75) is 32.8 Å². The lowest BCUT2D eigenvalue weighted by molar-refractivity contribution is 0.302. The van der Waals surface area contributed by atoms with E-state index in [1.165, 1.54) is 24.1 Å². The third-order valence-electron chi connectivity index (χ3n) is 6.27. The maximum atomic E-state index is 13.4. The Morgan fingerprint density at radius 3 is 2.30 bits per heavy atom. The van der Waals surface area contributed by atoms with Crippen LogP contribution in [-0.4, -0.2) is 34.3 Å². The lowest BCUT2D eigenvalue weighted by Crippen LogP contribution is -2.31. The number of hydrogen-bond acceptors (Lipinski definition) is 8. The average molecular weight is 669 g/mol. The number of hydrazone groups is 1. The Balaban J connectivity index is 1.30. The van der Waals surface area contributed by atoms with E-state index in [1.807, 2.05) is 12.1 Å². The first-order valence-corrected chi connectivity index (χ1v) is 14.5. The molecule has 3 aromatic carbocycles. The second kappa shape index (κ2) is 13.2. The number of aryl methyl sites for hydroxylation is 1. The van der Waals surface area contributed by atoms with Crippen LogP contribution in [0.15, 0.2) is 74.7 Å². The van der Waals surface area contributed by atoms with Crippen molar-refractivity contribution in [2.75, 3.05) is 28.7 Å². The van der Waals surface area contributed by atoms with Crippen molar-refractivity contribution in [1.29, 1.82) is 0 Å². The molecule has 0 unspecified atom stereocenters. The third kappa shape index (κ3) is 7.54. The van der Waals surface area contributed by atoms with Crippen molar-refractivity contribution in [1.82, 2.24) is 15.0 Å². The van der Waals surface area contributed by atoms with Gasteiger partial charge in [0.05, 0.1) is 15.2 Å². The molecule has 0 amide bonds. The monoisotopic (exact) mass is 667 g/mol. The molecule has 11 heteroatoms. The van der Waals surface area contributed by atoms with E-state index in [1.54, 1.807) is 18.3 Å². The molecule has 0 aliphatic carbocycles. The molecule has 40 heavy (non-hydrogen) atoms. The third-order valence-corrected chi connectivity index (χ3v) is 7.44. The van der Waals surface area contributed by atoms with Crippen LogP contribution in [0.1, 0.15) is 36.0 Å². The average Bonchev–Trinajstić information content (AvgIpc) is 2.95. The standard InChI is InChI=1S/C29H28Br2FN7O/c1-19-5-7-20(8-6-19)18-40-26-24(30)15-21(16-25(26)31)17-33-38-28-35-27(34-23-11-9-22(32)10-12-23)36-29(37-28)39-13-3-2-4-14-39/h5-12,15-17H,2-4,13-14,18H2,1H3,(H2,34,35,36,37,38)/b33-17-. The molecule has 4 aromatic rings. The number of benzene rings is 3. The van der Waals surface area contributed by atoms with E-state index in [0.717, 1.165) is 46.0 Å². The number of hydrogen-bond donors (Lipinski definition) is 2. The molecule has 8 nitrogen and oxygen atoms in total. The van der Waals surface area contributed by atoms with Gasteiger partial charge in [-0.05, 0) is 106 Å². The van der Waals surface area contributed by atoms with Gasteiger partial charge in [-0.2, -0.15) is 20.1 Å². The zero-order valence-electron chi connectivity index (χ0n) is 21.9. The Bertz CT molecular complexity index is 1450. The quantitative estimate of drug-likeness (QED) is 0.140. The molecule has 206 valence electrons. The van der Waals surface area contributed by atoms with Crippen LogP contribution in [0.3, 0.4) is 0 Å². The maximum Gasteiger partial charge on any atom is 0.250 e. The summed E-state index contributed by atoms with van der Waals surface area (Å²) in [6, 6.07) is 18.1. The summed E-state index contributed by atoms with van der Waals surface area (Å²) in [5, 5.41) is 7.50. The Kier molecular flexibility index (Phi) is 9.22. The Morgan fingerprint density at radius 1 is 0.925 bits per heavy atom. The van der Waals surface area contributed by atoms with Crippen molar-refractivity contribution in [2.24, 2.45) is 5.10 Å². The summed E-state index contributed by atoms with van der Waals surface area (Å²) >= 11 is 7.22. The number of nitrogens with one attached hydrogen (secondary N) is 2. The second-order valence-electron chi connectivity index (χ2n) is 9.42. The van der Waals surface area contributed by atoms with Gasteiger partial charge in [0, 0.05) is 18.8 Å². The molecular weight excluding hydrogens is 641 g/mol. The van der Waals surface area contributed by atoms with Crippen LogP contribution < -0.4 is 20.4 Å². The maximum absolute atomic E-state index is 13.4. The molecule has 0 spiro atoms. The number of halogens is 3. The van der Waals surface area contributed by atoms with Crippen molar-refractivity contribution >= 4 is 61.6 Å².